The Kier molecular flexibility index (Phi) is 3.72. The molecule has 0 aliphatic heterocycles. The maximum absolute atomic E-state index is 11.4. The summed E-state index contributed by atoms with van der Waals surface area (Å²) in [6.45, 7) is 2.09. The molecule has 3 N–H and O–H groups in total. The number of carbonyl (C=O) groups is 1. The summed E-state index contributed by atoms with van der Waals surface area (Å²) in [4.78, 5) is 11.4. The molecular formula is C11H18N2O3. The van der Waals surface area contributed by atoms with Gasteiger partial charge in [-0.3, -0.25) is 0 Å². The largest absolute Gasteiger partial charge is 0.464 e. The van der Waals surface area contributed by atoms with Gasteiger partial charge in [-0.05, 0) is 12.1 Å². The van der Waals surface area contributed by atoms with Crippen LogP contribution in [0.25, 0.3) is 0 Å². The molecule has 5 heteroatoms. The fourth-order valence-electron chi connectivity index (χ4n) is 1.68. The van der Waals surface area contributed by atoms with Gasteiger partial charge in [0, 0.05) is 24.7 Å². The first-order valence-electron chi connectivity index (χ1n) is 5.05. The van der Waals surface area contributed by atoms with Crippen molar-refractivity contribution in [2.75, 3.05) is 20.3 Å². The van der Waals surface area contributed by atoms with Crippen LogP contribution in [0.4, 0.5) is 0 Å². The molecular weight excluding hydrogens is 208 g/mol. The molecule has 0 aliphatic rings. The Morgan fingerprint density at radius 3 is 2.69 bits per heavy atom. The van der Waals surface area contributed by atoms with Gasteiger partial charge in [0.05, 0.1) is 13.7 Å². The number of hydrogen-bond donors (Lipinski definition) is 2. The van der Waals surface area contributed by atoms with E-state index < -0.39 is 11.4 Å². The van der Waals surface area contributed by atoms with Gasteiger partial charge in [0.1, 0.15) is 5.69 Å². The third-order valence-corrected chi connectivity index (χ3v) is 2.93. The highest BCUT2D eigenvalue weighted by Gasteiger charge is 2.28. The molecule has 1 aromatic heterocycles. The van der Waals surface area contributed by atoms with Crippen LogP contribution in [0.3, 0.4) is 0 Å². The molecule has 0 radical (unpaired) electrons. The van der Waals surface area contributed by atoms with E-state index in [1.165, 1.54) is 7.11 Å². The molecule has 0 saturated carbocycles. The van der Waals surface area contributed by atoms with Gasteiger partial charge < -0.3 is 20.1 Å². The van der Waals surface area contributed by atoms with Gasteiger partial charge in [-0.1, -0.05) is 6.92 Å². The molecule has 1 rings (SSSR count). The van der Waals surface area contributed by atoms with Crippen LogP contribution in [0.1, 0.15) is 23.1 Å². The highest BCUT2D eigenvalue weighted by molar-refractivity contribution is 5.87. The first-order chi connectivity index (χ1) is 7.50. The van der Waals surface area contributed by atoms with Crippen LogP contribution >= 0.6 is 0 Å². The minimum Gasteiger partial charge on any atom is -0.464 e. The Bertz CT molecular complexity index is 381. The number of ether oxygens (including phenoxy) is 1. The molecule has 0 saturated heterocycles. The minimum absolute atomic E-state index is 0.0675. The van der Waals surface area contributed by atoms with Crippen molar-refractivity contribution in [2.24, 2.45) is 12.8 Å². The number of rotatable bonds is 4. The molecule has 90 valence electrons. The Morgan fingerprint density at radius 1 is 1.62 bits per heavy atom. The third kappa shape index (κ3) is 1.96. The van der Waals surface area contributed by atoms with E-state index in [0.717, 1.165) is 5.69 Å². The molecule has 5 nitrogen and oxygen atoms in total. The number of aromatic nitrogens is 1. The van der Waals surface area contributed by atoms with E-state index in [0.29, 0.717) is 12.2 Å². The summed E-state index contributed by atoms with van der Waals surface area (Å²) < 4.78 is 6.36. The number of esters is 1. The normalized spacial score (nSPS) is 14.6. The van der Waals surface area contributed by atoms with E-state index in [2.05, 4.69) is 4.74 Å². The van der Waals surface area contributed by atoms with Crippen LogP contribution in [0, 0.1) is 0 Å². The Morgan fingerprint density at radius 2 is 2.25 bits per heavy atom. The van der Waals surface area contributed by atoms with Crippen molar-refractivity contribution in [1.29, 1.82) is 0 Å². The molecule has 0 aromatic carbocycles. The van der Waals surface area contributed by atoms with Crippen LogP contribution in [0.15, 0.2) is 12.1 Å². The molecule has 16 heavy (non-hydrogen) atoms. The third-order valence-electron chi connectivity index (χ3n) is 2.93. The molecule has 0 aliphatic carbocycles. The predicted molar refractivity (Wildman–Crippen MR) is 60.2 cm³/mol. The van der Waals surface area contributed by atoms with Crippen molar-refractivity contribution in [2.45, 2.75) is 12.3 Å². The average molecular weight is 226 g/mol. The molecule has 0 bridgehead atoms. The standard InChI is InChI=1S/C11H18N2O3/c1-11(6-12,7-14)9-5-4-8(13(9)2)10(15)16-3/h4-5,14H,6-7,12H2,1-3H3. The summed E-state index contributed by atoms with van der Waals surface area (Å²) in [5.41, 5.74) is 6.37. The van der Waals surface area contributed by atoms with E-state index in [-0.39, 0.29) is 6.61 Å². The smallest absolute Gasteiger partial charge is 0.354 e. The summed E-state index contributed by atoms with van der Waals surface area (Å²) in [6.07, 6.45) is 0. The lowest BCUT2D eigenvalue weighted by Gasteiger charge is -2.26. The van der Waals surface area contributed by atoms with Crippen molar-refractivity contribution in [3.63, 3.8) is 0 Å². The molecule has 0 fully saturated rings. The van der Waals surface area contributed by atoms with Gasteiger partial charge in [-0.25, -0.2) is 4.79 Å². The predicted octanol–water partition coefficient (Wildman–Crippen LogP) is 0.0204. The first kappa shape index (κ1) is 12.7. The van der Waals surface area contributed by atoms with E-state index in [4.69, 9.17) is 5.73 Å². The summed E-state index contributed by atoms with van der Waals surface area (Å²) >= 11 is 0. The zero-order valence-corrected chi connectivity index (χ0v) is 9.86. The highest BCUT2D eigenvalue weighted by atomic mass is 16.5. The topological polar surface area (TPSA) is 77.5 Å². The number of nitrogens with zero attached hydrogens (tertiary/aromatic N) is 1. The summed E-state index contributed by atoms with van der Waals surface area (Å²) in [6, 6.07) is 3.46. The number of methoxy groups -OCH3 is 1. The number of hydrogen-bond acceptors (Lipinski definition) is 4. The zero-order chi connectivity index (χ0) is 12.3. The van der Waals surface area contributed by atoms with Crippen LogP contribution in [-0.4, -0.2) is 35.9 Å². The number of aliphatic hydroxyl groups excluding tert-OH is 1. The summed E-state index contributed by atoms with van der Waals surface area (Å²) in [7, 11) is 3.09. The first-order valence-corrected chi connectivity index (χ1v) is 5.05. The SMILES string of the molecule is COC(=O)c1ccc(C(C)(CN)CO)n1C. The van der Waals surface area contributed by atoms with E-state index in [1.807, 2.05) is 6.92 Å². The molecule has 0 spiro atoms. The van der Waals surface area contributed by atoms with Crippen LogP contribution in [0.2, 0.25) is 0 Å². The minimum atomic E-state index is -0.541. The quantitative estimate of drug-likeness (QED) is 0.709. The maximum atomic E-state index is 11.4. The van der Waals surface area contributed by atoms with Crippen LogP contribution in [0.5, 0.6) is 0 Å². The van der Waals surface area contributed by atoms with Gasteiger partial charge >= 0.3 is 5.97 Å². The van der Waals surface area contributed by atoms with Crippen LogP contribution < -0.4 is 5.73 Å². The van der Waals surface area contributed by atoms with Crippen molar-refractivity contribution in [3.05, 3.63) is 23.5 Å². The Hall–Kier alpha value is -1.33. The number of carbonyl (C=O) groups excluding carboxylic acids is 1. The van der Waals surface area contributed by atoms with Gasteiger partial charge in [-0.15, -0.1) is 0 Å². The second-order valence-corrected chi connectivity index (χ2v) is 4.08. The van der Waals surface area contributed by atoms with Crippen LogP contribution in [-0.2, 0) is 17.2 Å². The number of nitrogens with two attached hydrogens (primary N) is 1. The lowest BCUT2D eigenvalue weighted by molar-refractivity contribution is 0.0588. The zero-order valence-electron chi connectivity index (χ0n) is 9.86. The fraction of sp³-hybridized carbons (Fsp3) is 0.545. The monoisotopic (exact) mass is 226 g/mol. The lowest BCUT2D eigenvalue weighted by atomic mass is 9.88. The summed E-state index contributed by atoms with van der Waals surface area (Å²) in [5.74, 6) is -0.397. The van der Waals surface area contributed by atoms with Crippen molar-refractivity contribution in [1.82, 2.24) is 4.57 Å². The Balaban J connectivity index is 3.18. The molecule has 0 amide bonds. The second-order valence-electron chi connectivity index (χ2n) is 4.08. The highest BCUT2D eigenvalue weighted by Crippen LogP contribution is 2.24. The number of aliphatic hydroxyl groups is 1. The summed E-state index contributed by atoms with van der Waals surface area (Å²) in [5, 5.41) is 9.36. The van der Waals surface area contributed by atoms with Crippen molar-refractivity contribution >= 4 is 5.97 Å². The van der Waals surface area contributed by atoms with E-state index in [1.54, 1.807) is 23.7 Å². The van der Waals surface area contributed by atoms with E-state index in [9.17, 15) is 9.90 Å². The Labute approximate surface area is 94.8 Å². The van der Waals surface area contributed by atoms with Gasteiger partial charge in [0.25, 0.3) is 0 Å². The van der Waals surface area contributed by atoms with E-state index >= 15 is 0 Å². The van der Waals surface area contributed by atoms with Crippen molar-refractivity contribution < 1.29 is 14.6 Å². The second kappa shape index (κ2) is 4.67. The molecule has 1 atom stereocenters. The average Bonchev–Trinajstić information content (AvgIpc) is 2.69. The molecule has 1 heterocycles. The van der Waals surface area contributed by atoms with Gasteiger partial charge in [0.2, 0.25) is 0 Å². The molecule has 1 aromatic rings. The van der Waals surface area contributed by atoms with Gasteiger partial charge in [-0.2, -0.15) is 0 Å². The maximum Gasteiger partial charge on any atom is 0.354 e. The lowest BCUT2D eigenvalue weighted by Crippen LogP contribution is -2.37. The fourth-order valence-corrected chi connectivity index (χ4v) is 1.68. The molecule has 1 unspecified atom stereocenters. The van der Waals surface area contributed by atoms with Crippen molar-refractivity contribution in [3.8, 4) is 0 Å². The van der Waals surface area contributed by atoms with Gasteiger partial charge in [0.15, 0.2) is 0 Å².